The van der Waals surface area contributed by atoms with Crippen LogP contribution in [-0.4, -0.2) is 11.2 Å². The molecule has 0 saturated heterocycles. The van der Waals surface area contributed by atoms with Crippen molar-refractivity contribution in [3.05, 3.63) is 0 Å². The highest BCUT2D eigenvalue weighted by molar-refractivity contribution is 5.08. The van der Waals surface area contributed by atoms with E-state index in [1.165, 1.54) is 0 Å². The van der Waals surface area contributed by atoms with Gasteiger partial charge in [0.15, 0.2) is 0 Å². The fourth-order valence-corrected chi connectivity index (χ4v) is 1.05. The molecule has 1 N–H and O–H groups in total. The van der Waals surface area contributed by atoms with Crippen molar-refractivity contribution in [2.45, 2.75) is 38.7 Å². The molecule has 0 radical (unpaired) electrons. The molecule has 0 unspecified atom stereocenters. The summed E-state index contributed by atoms with van der Waals surface area (Å²) < 4.78 is 0. The van der Waals surface area contributed by atoms with Crippen LogP contribution in [0.5, 0.6) is 0 Å². The molecule has 0 amide bonds. The van der Waals surface area contributed by atoms with Crippen molar-refractivity contribution >= 4 is 0 Å². The van der Waals surface area contributed by atoms with Gasteiger partial charge in [-0.1, -0.05) is 12.8 Å². The largest absolute Gasteiger partial charge is 0.393 e. The second kappa shape index (κ2) is 3.63. The van der Waals surface area contributed by atoms with Crippen molar-refractivity contribution in [3.8, 4) is 11.8 Å². The van der Waals surface area contributed by atoms with Crippen LogP contribution < -0.4 is 0 Å². The van der Waals surface area contributed by atoms with Crippen LogP contribution >= 0.6 is 0 Å². The summed E-state index contributed by atoms with van der Waals surface area (Å²) in [6.07, 6.45) is 3.89. The Kier molecular flexibility index (Phi) is 2.77. The van der Waals surface area contributed by atoms with Gasteiger partial charge in [-0.25, -0.2) is 0 Å². The molecule has 56 valence electrons. The maximum absolute atomic E-state index is 8.91. The second-order valence-corrected chi connectivity index (χ2v) is 2.89. The normalized spacial score (nSPS) is 30.2. The van der Waals surface area contributed by atoms with E-state index in [4.69, 9.17) is 5.11 Å². The number of hydrogen-bond acceptors (Lipinski definition) is 1. The van der Waals surface area contributed by atoms with E-state index in [-0.39, 0.29) is 6.10 Å². The van der Waals surface area contributed by atoms with Crippen LogP contribution in [-0.2, 0) is 0 Å². The summed E-state index contributed by atoms with van der Waals surface area (Å²) in [7, 11) is 0. The van der Waals surface area contributed by atoms with Gasteiger partial charge in [0.2, 0.25) is 0 Å². The first-order valence-electron chi connectivity index (χ1n) is 3.99. The summed E-state index contributed by atoms with van der Waals surface area (Å²) in [6, 6.07) is 0. The quantitative estimate of drug-likeness (QED) is 0.545. The summed E-state index contributed by atoms with van der Waals surface area (Å²) in [4.78, 5) is 0. The zero-order valence-electron chi connectivity index (χ0n) is 6.43. The Morgan fingerprint density at radius 1 is 1.50 bits per heavy atom. The SMILES string of the molecule is CCCC#CC1CC(O)C1. The van der Waals surface area contributed by atoms with Crippen molar-refractivity contribution in [2.24, 2.45) is 5.92 Å². The average Bonchev–Trinajstić information content (AvgIpc) is 1.85. The fourth-order valence-electron chi connectivity index (χ4n) is 1.05. The highest BCUT2D eigenvalue weighted by Gasteiger charge is 2.24. The van der Waals surface area contributed by atoms with Crippen LogP contribution in [0.4, 0.5) is 0 Å². The molecule has 1 fully saturated rings. The average molecular weight is 138 g/mol. The smallest absolute Gasteiger partial charge is 0.0563 e. The highest BCUT2D eigenvalue weighted by Crippen LogP contribution is 2.25. The van der Waals surface area contributed by atoms with E-state index in [9.17, 15) is 0 Å². The molecule has 1 nitrogen and oxygen atoms in total. The van der Waals surface area contributed by atoms with E-state index in [1.54, 1.807) is 0 Å². The standard InChI is InChI=1S/C9H14O/c1-2-3-4-5-8-6-9(10)7-8/h8-10H,2-3,6-7H2,1H3. The Hall–Kier alpha value is -0.480. The minimum atomic E-state index is -0.0547. The first kappa shape index (κ1) is 7.63. The van der Waals surface area contributed by atoms with E-state index < -0.39 is 0 Å². The molecule has 1 rings (SSSR count). The van der Waals surface area contributed by atoms with E-state index in [0.717, 1.165) is 25.7 Å². The number of aliphatic hydroxyl groups excluding tert-OH is 1. The lowest BCUT2D eigenvalue weighted by molar-refractivity contribution is 0.0665. The van der Waals surface area contributed by atoms with Crippen LogP contribution in [0.15, 0.2) is 0 Å². The first-order chi connectivity index (χ1) is 4.83. The summed E-state index contributed by atoms with van der Waals surface area (Å²) in [5, 5.41) is 8.91. The minimum absolute atomic E-state index is 0.0547. The Morgan fingerprint density at radius 2 is 2.20 bits per heavy atom. The zero-order chi connectivity index (χ0) is 7.40. The van der Waals surface area contributed by atoms with Gasteiger partial charge in [0.25, 0.3) is 0 Å². The lowest BCUT2D eigenvalue weighted by Gasteiger charge is -2.26. The van der Waals surface area contributed by atoms with Crippen LogP contribution in [0.25, 0.3) is 0 Å². The molecular formula is C9H14O. The highest BCUT2D eigenvalue weighted by atomic mass is 16.3. The van der Waals surface area contributed by atoms with Gasteiger partial charge < -0.3 is 5.11 Å². The Labute approximate surface area is 62.4 Å². The van der Waals surface area contributed by atoms with Crippen LogP contribution in [0.1, 0.15) is 32.6 Å². The molecule has 1 aliphatic carbocycles. The molecule has 0 aromatic carbocycles. The molecule has 0 aliphatic heterocycles. The number of aliphatic hydroxyl groups is 1. The van der Waals surface area contributed by atoms with Crippen molar-refractivity contribution < 1.29 is 5.11 Å². The van der Waals surface area contributed by atoms with Crippen LogP contribution in [0.2, 0.25) is 0 Å². The van der Waals surface area contributed by atoms with Crippen molar-refractivity contribution in [2.75, 3.05) is 0 Å². The van der Waals surface area contributed by atoms with E-state index in [0.29, 0.717) is 5.92 Å². The van der Waals surface area contributed by atoms with Gasteiger partial charge in [0, 0.05) is 12.3 Å². The maximum Gasteiger partial charge on any atom is 0.0563 e. The van der Waals surface area contributed by atoms with E-state index >= 15 is 0 Å². The second-order valence-electron chi connectivity index (χ2n) is 2.89. The Balaban J connectivity index is 2.10. The number of hydrogen-bond donors (Lipinski definition) is 1. The molecule has 10 heavy (non-hydrogen) atoms. The molecule has 0 spiro atoms. The Bertz CT molecular complexity index is 146. The molecule has 0 aromatic heterocycles. The lowest BCUT2D eigenvalue weighted by atomic mass is 9.83. The molecule has 0 heterocycles. The summed E-state index contributed by atoms with van der Waals surface area (Å²) >= 11 is 0. The van der Waals surface area contributed by atoms with E-state index in [1.807, 2.05) is 0 Å². The molecule has 0 aromatic rings. The van der Waals surface area contributed by atoms with Gasteiger partial charge in [-0.05, 0) is 19.3 Å². The van der Waals surface area contributed by atoms with Gasteiger partial charge in [0.1, 0.15) is 0 Å². The third-order valence-electron chi connectivity index (χ3n) is 1.79. The zero-order valence-corrected chi connectivity index (χ0v) is 6.43. The minimum Gasteiger partial charge on any atom is -0.393 e. The van der Waals surface area contributed by atoms with E-state index in [2.05, 4.69) is 18.8 Å². The topological polar surface area (TPSA) is 20.2 Å². The third kappa shape index (κ3) is 2.04. The molecular weight excluding hydrogens is 124 g/mol. The van der Waals surface area contributed by atoms with Gasteiger partial charge in [-0.15, -0.1) is 5.92 Å². The molecule has 1 aliphatic rings. The number of rotatable bonds is 1. The maximum atomic E-state index is 8.91. The van der Waals surface area contributed by atoms with Gasteiger partial charge in [-0.2, -0.15) is 0 Å². The van der Waals surface area contributed by atoms with Crippen molar-refractivity contribution in [3.63, 3.8) is 0 Å². The van der Waals surface area contributed by atoms with Gasteiger partial charge >= 0.3 is 0 Å². The molecule has 0 atom stereocenters. The summed E-state index contributed by atoms with van der Waals surface area (Å²) in [6.45, 7) is 2.13. The Morgan fingerprint density at radius 3 is 2.70 bits per heavy atom. The van der Waals surface area contributed by atoms with Crippen molar-refractivity contribution in [1.29, 1.82) is 0 Å². The third-order valence-corrected chi connectivity index (χ3v) is 1.79. The van der Waals surface area contributed by atoms with Gasteiger partial charge in [-0.3, -0.25) is 0 Å². The first-order valence-corrected chi connectivity index (χ1v) is 3.99. The molecule has 1 saturated carbocycles. The van der Waals surface area contributed by atoms with Crippen LogP contribution in [0, 0.1) is 17.8 Å². The summed E-state index contributed by atoms with van der Waals surface area (Å²) in [5.41, 5.74) is 0. The van der Waals surface area contributed by atoms with Crippen molar-refractivity contribution in [1.82, 2.24) is 0 Å². The lowest BCUT2D eigenvalue weighted by Crippen LogP contribution is -2.26. The molecule has 0 bridgehead atoms. The molecule has 1 heteroatoms. The predicted molar refractivity (Wildman–Crippen MR) is 41.4 cm³/mol. The monoisotopic (exact) mass is 138 g/mol. The number of unbranched alkanes of at least 4 members (excludes halogenated alkanes) is 1. The van der Waals surface area contributed by atoms with Gasteiger partial charge in [0.05, 0.1) is 6.10 Å². The van der Waals surface area contributed by atoms with Crippen LogP contribution in [0.3, 0.4) is 0 Å². The fraction of sp³-hybridized carbons (Fsp3) is 0.778. The summed E-state index contributed by atoms with van der Waals surface area (Å²) in [5.74, 6) is 6.74. The predicted octanol–water partition coefficient (Wildman–Crippen LogP) is 1.56.